The fourth-order valence-corrected chi connectivity index (χ4v) is 4.62. The van der Waals surface area contributed by atoms with Crippen LogP contribution in [0.1, 0.15) is 43.6 Å². The van der Waals surface area contributed by atoms with Gasteiger partial charge < -0.3 is 10.4 Å². The van der Waals surface area contributed by atoms with Crippen LogP contribution in [0.4, 0.5) is 5.82 Å². The number of nitrogens with zero attached hydrogens (tertiary/aromatic N) is 3. The Bertz CT molecular complexity index is 1090. The fraction of sp³-hybridized carbons (Fsp3) is 0.400. The molecule has 2 heterocycles. The number of aromatic amines is 1. The maximum absolute atomic E-state index is 11.9. The minimum Gasteiger partial charge on any atom is -0.394 e. The fourth-order valence-electron chi connectivity index (χ4n) is 3.01. The predicted octanol–water partition coefficient (Wildman–Crippen LogP) is 3.92. The Hall–Kier alpha value is -2.41. The van der Waals surface area contributed by atoms with Crippen LogP contribution < -0.4 is 10.2 Å². The van der Waals surface area contributed by atoms with Gasteiger partial charge in [-0.1, -0.05) is 49.1 Å². The molecule has 29 heavy (non-hydrogen) atoms. The topological polar surface area (TPSA) is 115 Å². The van der Waals surface area contributed by atoms with Gasteiger partial charge in [-0.05, 0) is 37.0 Å². The van der Waals surface area contributed by atoms with E-state index in [0.717, 1.165) is 23.3 Å². The summed E-state index contributed by atoms with van der Waals surface area (Å²) in [6, 6.07) is 9.44. The van der Waals surface area contributed by atoms with Crippen LogP contribution in [0.15, 0.2) is 34.2 Å². The molecule has 0 aliphatic carbocycles. The summed E-state index contributed by atoms with van der Waals surface area (Å²) < 4.78 is 0.653. The highest BCUT2D eigenvalue weighted by molar-refractivity contribution is 7.99. The van der Waals surface area contributed by atoms with E-state index in [-0.39, 0.29) is 22.8 Å². The number of aliphatic hydroxyl groups is 1. The van der Waals surface area contributed by atoms with Gasteiger partial charge in [-0.2, -0.15) is 5.26 Å². The normalized spacial score (nSPS) is 13.4. The first kappa shape index (κ1) is 21.3. The summed E-state index contributed by atoms with van der Waals surface area (Å²) in [6.07, 6.45) is 0.779. The molecule has 0 saturated carbocycles. The number of aromatic nitrogens is 3. The van der Waals surface area contributed by atoms with E-state index in [1.807, 2.05) is 25.1 Å². The monoisotopic (exact) mass is 429 g/mol. The number of nitrogens with one attached hydrogen (secondary N) is 2. The van der Waals surface area contributed by atoms with E-state index < -0.39 is 0 Å². The van der Waals surface area contributed by atoms with Gasteiger partial charge in [-0.15, -0.1) is 0 Å². The molecule has 3 rings (SSSR count). The Balaban J connectivity index is 1.92. The van der Waals surface area contributed by atoms with Gasteiger partial charge >= 0.3 is 4.87 Å². The first-order chi connectivity index (χ1) is 13.9. The molecule has 9 heteroatoms. The van der Waals surface area contributed by atoms with Crippen LogP contribution in [0.2, 0.25) is 0 Å². The number of aliphatic hydroxyl groups excluding tert-OH is 1. The largest absolute Gasteiger partial charge is 0.394 e. The standard InChI is InChI=1S/C20H23N5O2S2/c1-11(2)7-15(10-26)22-17-16-18(25-20(27)29-16)24-19(23-17)28-12(3)14-6-4-5-13(8-14)9-21/h4-6,8,11-12,15,26H,7,10H2,1-3H3,(H2,22,23,24,25,27)/t12?,15-/m1/s1. The van der Waals surface area contributed by atoms with E-state index in [1.165, 1.54) is 11.8 Å². The Labute approximate surface area is 177 Å². The van der Waals surface area contributed by atoms with Crippen LogP contribution in [-0.4, -0.2) is 32.7 Å². The van der Waals surface area contributed by atoms with Crippen LogP contribution in [0.3, 0.4) is 0 Å². The SMILES string of the molecule is CC(C)C[C@H](CO)Nc1nc(SC(C)c2cccc(C#N)c2)nc2[nH]c(=O)sc12. The third-order valence-corrected chi connectivity index (χ3v) is 6.24. The average molecular weight is 430 g/mol. The van der Waals surface area contributed by atoms with E-state index in [9.17, 15) is 9.90 Å². The smallest absolute Gasteiger partial charge is 0.306 e. The summed E-state index contributed by atoms with van der Waals surface area (Å²) in [5.74, 6) is 0.960. The van der Waals surface area contributed by atoms with E-state index in [1.54, 1.807) is 6.07 Å². The van der Waals surface area contributed by atoms with E-state index in [2.05, 4.69) is 40.2 Å². The Morgan fingerprint density at radius 1 is 1.34 bits per heavy atom. The van der Waals surface area contributed by atoms with Crippen molar-refractivity contribution < 1.29 is 5.11 Å². The van der Waals surface area contributed by atoms with Crippen molar-refractivity contribution >= 4 is 39.3 Å². The zero-order chi connectivity index (χ0) is 21.0. The lowest BCUT2D eigenvalue weighted by atomic mass is 10.0. The second-order valence-electron chi connectivity index (χ2n) is 7.20. The number of thiazole rings is 1. The minimum atomic E-state index is -0.196. The van der Waals surface area contributed by atoms with Gasteiger partial charge in [0.1, 0.15) is 4.70 Å². The molecular weight excluding hydrogens is 406 g/mol. The summed E-state index contributed by atoms with van der Waals surface area (Å²) in [7, 11) is 0. The molecule has 2 aromatic heterocycles. The molecule has 0 saturated heterocycles. The van der Waals surface area contributed by atoms with Gasteiger partial charge in [0.2, 0.25) is 0 Å². The summed E-state index contributed by atoms with van der Waals surface area (Å²) in [5.41, 5.74) is 2.09. The molecule has 3 N–H and O–H groups in total. The number of anilines is 1. The van der Waals surface area contributed by atoms with Crippen LogP contribution >= 0.6 is 23.1 Å². The average Bonchev–Trinajstić information content (AvgIpc) is 3.07. The molecule has 0 bridgehead atoms. The van der Waals surface area contributed by atoms with Crippen molar-refractivity contribution in [3.05, 3.63) is 45.1 Å². The zero-order valence-electron chi connectivity index (χ0n) is 16.5. The van der Waals surface area contributed by atoms with Crippen LogP contribution in [-0.2, 0) is 0 Å². The van der Waals surface area contributed by atoms with Crippen LogP contribution in [0, 0.1) is 17.2 Å². The highest BCUT2D eigenvalue weighted by atomic mass is 32.2. The maximum atomic E-state index is 11.9. The molecule has 1 unspecified atom stereocenters. The molecule has 152 valence electrons. The van der Waals surface area contributed by atoms with Gasteiger partial charge in [0.15, 0.2) is 16.6 Å². The van der Waals surface area contributed by atoms with Crippen molar-refractivity contribution in [3.63, 3.8) is 0 Å². The third kappa shape index (κ3) is 5.35. The van der Waals surface area contributed by atoms with Gasteiger partial charge in [0.05, 0.1) is 24.3 Å². The first-order valence-corrected chi connectivity index (χ1v) is 11.0. The molecule has 1 aromatic carbocycles. The Morgan fingerprint density at radius 2 is 2.14 bits per heavy atom. The molecule has 0 fully saturated rings. The van der Waals surface area contributed by atoms with Gasteiger partial charge in [0.25, 0.3) is 0 Å². The van der Waals surface area contributed by atoms with Crippen molar-refractivity contribution in [1.82, 2.24) is 15.0 Å². The lowest BCUT2D eigenvalue weighted by Gasteiger charge is -2.19. The molecule has 0 spiro atoms. The number of hydrogen-bond acceptors (Lipinski definition) is 8. The molecule has 0 aliphatic rings. The Kier molecular flexibility index (Phi) is 6.90. The number of benzene rings is 1. The van der Waals surface area contributed by atoms with Crippen molar-refractivity contribution in [1.29, 1.82) is 5.26 Å². The highest BCUT2D eigenvalue weighted by Crippen LogP contribution is 2.35. The van der Waals surface area contributed by atoms with E-state index in [0.29, 0.717) is 32.8 Å². The zero-order valence-corrected chi connectivity index (χ0v) is 18.1. The van der Waals surface area contributed by atoms with Gasteiger partial charge in [-0.3, -0.25) is 9.78 Å². The second kappa shape index (κ2) is 9.39. The summed E-state index contributed by atoms with van der Waals surface area (Å²) in [5, 5.41) is 22.7. The number of fused-ring (bicyclic) bond motifs is 1. The molecule has 2 atom stereocenters. The molecular formula is C20H23N5O2S2. The second-order valence-corrected chi connectivity index (χ2v) is 9.49. The predicted molar refractivity (Wildman–Crippen MR) is 117 cm³/mol. The minimum absolute atomic E-state index is 0.0169. The number of hydrogen-bond donors (Lipinski definition) is 3. The number of rotatable bonds is 8. The Morgan fingerprint density at radius 3 is 2.83 bits per heavy atom. The molecule has 0 aliphatic heterocycles. The third-order valence-electron chi connectivity index (χ3n) is 4.34. The van der Waals surface area contributed by atoms with Crippen molar-refractivity contribution in [2.24, 2.45) is 5.92 Å². The first-order valence-electron chi connectivity index (χ1n) is 9.34. The molecule has 3 aromatic rings. The van der Waals surface area contributed by atoms with Crippen LogP contribution in [0.5, 0.6) is 0 Å². The molecule has 7 nitrogen and oxygen atoms in total. The van der Waals surface area contributed by atoms with E-state index in [4.69, 9.17) is 5.26 Å². The van der Waals surface area contributed by atoms with Crippen molar-refractivity contribution in [3.8, 4) is 6.07 Å². The summed E-state index contributed by atoms with van der Waals surface area (Å²) in [6.45, 7) is 6.18. The lowest BCUT2D eigenvalue weighted by Crippen LogP contribution is -2.26. The summed E-state index contributed by atoms with van der Waals surface area (Å²) in [4.78, 5) is 23.6. The lowest BCUT2D eigenvalue weighted by molar-refractivity contribution is 0.259. The number of H-pyrrole nitrogens is 1. The van der Waals surface area contributed by atoms with Crippen molar-refractivity contribution in [2.75, 3.05) is 11.9 Å². The highest BCUT2D eigenvalue weighted by Gasteiger charge is 2.18. The van der Waals surface area contributed by atoms with E-state index >= 15 is 0 Å². The molecule has 0 radical (unpaired) electrons. The maximum Gasteiger partial charge on any atom is 0.306 e. The quantitative estimate of drug-likeness (QED) is 0.367. The molecule has 0 amide bonds. The van der Waals surface area contributed by atoms with Crippen LogP contribution in [0.25, 0.3) is 10.3 Å². The van der Waals surface area contributed by atoms with Gasteiger partial charge in [-0.25, -0.2) is 9.97 Å². The number of nitriles is 1. The van der Waals surface area contributed by atoms with Crippen molar-refractivity contribution in [2.45, 2.75) is 43.6 Å². The van der Waals surface area contributed by atoms with Gasteiger partial charge in [0, 0.05) is 5.25 Å². The number of thioether (sulfide) groups is 1. The summed E-state index contributed by atoms with van der Waals surface area (Å²) >= 11 is 2.50.